The third-order valence-electron chi connectivity index (χ3n) is 5.57. The van der Waals surface area contributed by atoms with Gasteiger partial charge in [0.05, 0.1) is 13.7 Å². The minimum atomic E-state index is -0.623. The molecule has 1 aliphatic rings. The number of hydrogen-bond acceptors (Lipinski definition) is 5. The lowest BCUT2D eigenvalue weighted by molar-refractivity contribution is -0.151. The predicted molar refractivity (Wildman–Crippen MR) is 118 cm³/mol. The van der Waals surface area contributed by atoms with Crippen LogP contribution in [0.5, 0.6) is 5.75 Å². The van der Waals surface area contributed by atoms with E-state index in [9.17, 15) is 14.4 Å². The number of carbonyl (C=O) groups excluding carboxylic acids is 2. The van der Waals surface area contributed by atoms with Crippen LogP contribution >= 0.6 is 0 Å². The maximum absolute atomic E-state index is 12.6. The first kappa shape index (κ1) is 22.6. The summed E-state index contributed by atoms with van der Waals surface area (Å²) in [5.41, 5.74) is 2.47. The number of rotatable bonds is 6. The van der Waals surface area contributed by atoms with Crippen LogP contribution in [-0.2, 0) is 26.3 Å². The summed E-state index contributed by atoms with van der Waals surface area (Å²) in [7, 11) is 1.60. The highest BCUT2D eigenvalue weighted by Crippen LogP contribution is 2.38. The van der Waals surface area contributed by atoms with Gasteiger partial charge in [-0.15, -0.1) is 0 Å². The first-order chi connectivity index (χ1) is 14.7. The summed E-state index contributed by atoms with van der Waals surface area (Å²) in [5, 5.41) is 0. The number of pyridine rings is 1. The number of esters is 1. The molecule has 1 amide bonds. The summed E-state index contributed by atoms with van der Waals surface area (Å²) in [6.07, 6.45) is 2.30. The van der Waals surface area contributed by atoms with Crippen LogP contribution in [0.1, 0.15) is 51.7 Å². The first-order valence-electron chi connectivity index (χ1n) is 10.5. The standard InChI is InChI=1S/C24H30N2O5/c1-6-31-23(29)19-9-10-21(27)26(19)14-15-12-20(30-5)18(24(2,3)4)13-17(15)16-8-7-11-25-22(16)28/h7-8,11-13,19H,6,9-10,14H2,1-5H3,(H,25,28). The van der Waals surface area contributed by atoms with E-state index in [0.29, 0.717) is 24.2 Å². The number of nitrogens with zero attached hydrogens (tertiary/aromatic N) is 1. The van der Waals surface area contributed by atoms with Gasteiger partial charge in [0.1, 0.15) is 11.8 Å². The van der Waals surface area contributed by atoms with Crippen LogP contribution in [-0.4, -0.2) is 41.5 Å². The lowest BCUT2D eigenvalue weighted by Gasteiger charge is -2.27. The molecular formula is C24H30N2O5. The zero-order chi connectivity index (χ0) is 22.8. The van der Waals surface area contributed by atoms with Crippen LogP contribution in [0, 0.1) is 0 Å². The molecule has 0 radical (unpaired) electrons. The van der Waals surface area contributed by atoms with Crippen molar-refractivity contribution in [3.63, 3.8) is 0 Å². The molecule has 1 saturated heterocycles. The van der Waals surface area contributed by atoms with Crippen LogP contribution in [0.15, 0.2) is 35.3 Å². The van der Waals surface area contributed by atoms with E-state index in [2.05, 4.69) is 25.8 Å². The van der Waals surface area contributed by atoms with E-state index in [-0.39, 0.29) is 30.0 Å². The highest BCUT2D eigenvalue weighted by Gasteiger charge is 2.37. The van der Waals surface area contributed by atoms with E-state index >= 15 is 0 Å². The van der Waals surface area contributed by atoms with Crippen molar-refractivity contribution in [2.24, 2.45) is 0 Å². The van der Waals surface area contributed by atoms with Crippen molar-refractivity contribution in [2.45, 2.75) is 58.5 Å². The normalized spacial score (nSPS) is 16.5. The fraction of sp³-hybridized carbons (Fsp3) is 0.458. The molecule has 2 aromatic rings. The second-order valence-electron chi connectivity index (χ2n) is 8.70. The van der Waals surface area contributed by atoms with Crippen molar-refractivity contribution in [3.8, 4) is 16.9 Å². The van der Waals surface area contributed by atoms with Crippen LogP contribution in [0.2, 0.25) is 0 Å². The van der Waals surface area contributed by atoms with E-state index in [4.69, 9.17) is 9.47 Å². The second-order valence-corrected chi connectivity index (χ2v) is 8.70. The number of amides is 1. The molecule has 2 heterocycles. The molecule has 1 fully saturated rings. The number of benzene rings is 1. The molecule has 1 aromatic carbocycles. The van der Waals surface area contributed by atoms with Crippen molar-refractivity contribution in [3.05, 3.63) is 51.9 Å². The fourth-order valence-corrected chi connectivity index (χ4v) is 3.99. The Morgan fingerprint density at radius 3 is 2.58 bits per heavy atom. The zero-order valence-electron chi connectivity index (χ0n) is 18.8. The number of likely N-dealkylation sites (tertiary alicyclic amines) is 1. The quantitative estimate of drug-likeness (QED) is 0.715. The van der Waals surface area contributed by atoms with Crippen molar-refractivity contribution >= 4 is 11.9 Å². The number of methoxy groups -OCH3 is 1. The molecule has 1 aliphatic heterocycles. The Balaban J connectivity index is 2.14. The SMILES string of the molecule is CCOC(=O)C1CCC(=O)N1Cc1cc(OC)c(C(C)(C)C)cc1-c1ccc[nH]c1=O. The Morgan fingerprint density at radius 2 is 1.97 bits per heavy atom. The summed E-state index contributed by atoms with van der Waals surface area (Å²) in [5.74, 6) is 0.175. The monoisotopic (exact) mass is 426 g/mol. The molecule has 0 aliphatic carbocycles. The summed E-state index contributed by atoms with van der Waals surface area (Å²) >= 11 is 0. The summed E-state index contributed by atoms with van der Waals surface area (Å²) < 4.78 is 10.8. The number of ether oxygens (including phenoxy) is 2. The molecular weight excluding hydrogens is 396 g/mol. The molecule has 1 N–H and O–H groups in total. The number of hydrogen-bond donors (Lipinski definition) is 1. The van der Waals surface area contributed by atoms with Crippen LogP contribution < -0.4 is 10.3 Å². The maximum Gasteiger partial charge on any atom is 0.328 e. The van der Waals surface area contributed by atoms with E-state index in [0.717, 1.165) is 16.7 Å². The lowest BCUT2D eigenvalue weighted by Crippen LogP contribution is -2.39. The highest BCUT2D eigenvalue weighted by atomic mass is 16.5. The summed E-state index contributed by atoms with van der Waals surface area (Å²) in [6, 6.07) is 6.73. The van der Waals surface area contributed by atoms with Crippen LogP contribution in [0.3, 0.4) is 0 Å². The molecule has 7 heteroatoms. The van der Waals surface area contributed by atoms with E-state index in [1.807, 2.05) is 12.1 Å². The van der Waals surface area contributed by atoms with Gasteiger partial charge in [-0.05, 0) is 54.2 Å². The van der Waals surface area contributed by atoms with Crippen molar-refractivity contribution in [1.29, 1.82) is 0 Å². The lowest BCUT2D eigenvalue weighted by atomic mass is 9.83. The molecule has 1 unspecified atom stereocenters. The number of H-pyrrole nitrogens is 1. The molecule has 1 aromatic heterocycles. The van der Waals surface area contributed by atoms with Gasteiger partial charge < -0.3 is 19.4 Å². The van der Waals surface area contributed by atoms with Gasteiger partial charge in [-0.25, -0.2) is 4.79 Å². The van der Waals surface area contributed by atoms with Crippen molar-refractivity contribution in [1.82, 2.24) is 9.88 Å². The molecule has 31 heavy (non-hydrogen) atoms. The average molecular weight is 427 g/mol. The van der Waals surface area contributed by atoms with Gasteiger partial charge in [-0.2, -0.15) is 0 Å². The Kier molecular flexibility index (Phi) is 6.53. The summed E-state index contributed by atoms with van der Waals surface area (Å²) in [6.45, 7) is 8.41. The predicted octanol–water partition coefficient (Wildman–Crippen LogP) is 3.40. The molecule has 7 nitrogen and oxygen atoms in total. The minimum Gasteiger partial charge on any atom is -0.496 e. The van der Waals surface area contributed by atoms with E-state index in [1.54, 1.807) is 37.3 Å². The molecule has 3 rings (SSSR count). The molecule has 0 saturated carbocycles. The van der Waals surface area contributed by atoms with Gasteiger partial charge in [-0.3, -0.25) is 9.59 Å². The van der Waals surface area contributed by atoms with E-state index in [1.165, 1.54) is 0 Å². The maximum atomic E-state index is 12.6. The highest BCUT2D eigenvalue weighted by molar-refractivity contribution is 5.88. The smallest absolute Gasteiger partial charge is 0.328 e. The average Bonchev–Trinajstić information content (AvgIpc) is 3.08. The first-order valence-corrected chi connectivity index (χ1v) is 10.5. The topological polar surface area (TPSA) is 88.7 Å². The molecule has 0 bridgehead atoms. The van der Waals surface area contributed by atoms with Crippen LogP contribution in [0.4, 0.5) is 0 Å². The zero-order valence-corrected chi connectivity index (χ0v) is 18.8. The number of nitrogens with one attached hydrogen (secondary N) is 1. The van der Waals surface area contributed by atoms with Gasteiger partial charge >= 0.3 is 5.97 Å². The second kappa shape index (κ2) is 8.96. The Bertz CT molecular complexity index is 1030. The Morgan fingerprint density at radius 1 is 1.23 bits per heavy atom. The third-order valence-corrected chi connectivity index (χ3v) is 5.57. The fourth-order valence-electron chi connectivity index (χ4n) is 3.99. The van der Waals surface area contributed by atoms with Gasteiger partial charge in [-0.1, -0.05) is 20.8 Å². The largest absolute Gasteiger partial charge is 0.496 e. The molecule has 1 atom stereocenters. The van der Waals surface area contributed by atoms with Gasteiger partial charge in [0.25, 0.3) is 5.56 Å². The minimum absolute atomic E-state index is 0.107. The van der Waals surface area contributed by atoms with Crippen molar-refractivity contribution in [2.75, 3.05) is 13.7 Å². The van der Waals surface area contributed by atoms with Gasteiger partial charge in [0.2, 0.25) is 5.91 Å². The van der Waals surface area contributed by atoms with Crippen molar-refractivity contribution < 1.29 is 19.1 Å². The van der Waals surface area contributed by atoms with Crippen LogP contribution in [0.25, 0.3) is 11.1 Å². The van der Waals surface area contributed by atoms with Gasteiger partial charge in [0.15, 0.2) is 0 Å². The molecule has 166 valence electrons. The Hall–Kier alpha value is -3.09. The van der Waals surface area contributed by atoms with E-state index < -0.39 is 12.0 Å². The Labute approximate surface area is 182 Å². The molecule has 0 spiro atoms. The third kappa shape index (κ3) is 4.65. The number of carbonyl (C=O) groups is 2. The van der Waals surface area contributed by atoms with Gasteiger partial charge in [0, 0.05) is 30.3 Å². The number of aromatic nitrogens is 1. The summed E-state index contributed by atoms with van der Waals surface area (Å²) in [4.78, 5) is 41.9. The number of aromatic amines is 1.